The first-order valence-electron chi connectivity index (χ1n) is 6.14. The molecule has 5 heteroatoms. The van der Waals surface area contributed by atoms with Crippen LogP contribution in [-0.4, -0.2) is 22.1 Å². The zero-order valence-corrected chi connectivity index (χ0v) is 12.3. The highest BCUT2D eigenvalue weighted by Crippen LogP contribution is 2.29. The number of methoxy groups -OCH3 is 1. The van der Waals surface area contributed by atoms with E-state index in [2.05, 4.69) is 28.8 Å². The number of nitrogens with one attached hydrogen (secondary N) is 1. The van der Waals surface area contributed by atoms with E-state index in [1.54, 1.807) is 13.3 Å². The first-order chi connectivity index (χ1) is 9.04. The molecule has 0 saturated heterocycles. The van der Waals surface area contributed by atoms with Gasteiger partial charge in [0.05, 0.1) is 12.8 Å². The highest BCUT2D eigenvalue weighted by atomic mass is 32.1. The molecule has 1 N–H and O–H groups in total. The monoisotopic (exact) mass is 275 g/mol. The quantitative estimate of drug-likeness (QED) is 0.869. The van der Waals surface area contributed by atoms with Crippen LogP contribution in [0.1, 0.15) is 31.2 Å². The average molecular weight is 275 g/mol. The van der Waals surface area contributed by atoms with Crippen molar-refractivity contribution in [3.8, 4) is 17.1 Å². The topological polar surface area (TPSA) is 50.8 Å². The van der Waals surface area contributed by atoms with Crippen molar-refractivity contribution in [3.05, 3.63) is 34.4 Å². The van der Waals surface area contributed by atoms with E-state index in [1.807, 2.05) is 19.1 Å². The van der Waals surface area contributed by atoms with Crippen molar-refractivity contribution in [2.24, 2.45) is 0 Å². The summed E-state index contributed by atoms with van der Waals surface area (Å²) in [5, 5.41) is 0. The van der Waals surface area contributed by atoms with Crippen molar-refractivity contribution in [1.82, 2.24) is 15.0 Å². The molecule has 0 amide bonds. The molecule has 2 rings (SSSR count). The average Bonchev–Trinajstić information content (AvgIpc) is 2.41. The lowest BCUT2D eigenvalue weighted by atomic mass is 10.1. The fourth-order valence-electron chi connectivity index (χ4n) is 1.80. The summed E-state index contributed by atoms with van der Waals surface area (Å²) in [6.45, 7) is 6.09. The summed E-state index contributed by atoms with van der Waals surface area (Å²) in [6, 6.07) is 3.73. The molecule has 2 aromatic rings. The van der Waals surface area contributed by atoms with Crippen LogP contribution in [0.25, 0.3) is 11.4 Å². The van der Waals surface area contributed by atoms with E-state index in [0.717, 1.165) is 28.5 Å². The lowest BCUT2D eigenvalue weighted by molar-refractivity contribution is 0.414. The van der Waals surface area contributed by atoms with Crippen molar-refractivity contribution < 1.29 is 4.74 Å². The van der Waals surface area contributed by atoms with Gasteiger partial charge < -0.3 is 9.72 Å². The molecule has 19 heavy (non-hydrogen) atoms. The minimum atomic E-state index is 0.274. The van der Waals surface area contributed by atoms with E-state index in [1.165, 1.54) is 0 Å². The van der Waals surface area contributed by atoms with Crippen LogP contribution in [0.5, 0.6) is 5.75 Å². The number of nitrogens with zero attached hydrogens (tertiary/aromatic N) is 2. The molecular weight excluding hydrogens is 258 g/mol. The van der Waals surface area contributed by atoms with Gasteiger partial charge in [0.15, 0.2) is 0 Å². The molecule has 2 heterocycles. The highest BCUT2D eigenvalue weighted by Gasteiger charge is 2.14. The van der Waals surface area contributed by atoms with E-state index in [0.29, 0.717) is 4.64 Å². The van der Waals surface area contributed by atoms with E-state index < -0.39 is 0 Å². The van der Waals surface area contributed by atoms with Crippen LogP contribution in [0.3, 0.4) is 0 Å². The summed E-state index contributed by atoms with van der Waals surface area (Å²) >= 11 is 5.33. The fraction of sp³-hybridized carbons (Fsp3) is 0.357. The molecule has 0 fully saturated rings. The Kier molecular flexibility index (Phi) is 3.95. The van der Waals surface area contributed by atoms with Crippen LogP contribution < -0.4 is 4.74 Å². The van der Waals surface area contributed by atoms with Crippen LogP contribution in [0.15, 0.2) is 18.3 Å². The second-order valence-electron chi connectivity index (χ2n) is 4.64. The fourth-order valence-corrected chi connectivity index (χ4v) is 2.00. The Balaban J connectivity index is 2.71. The van der Waals surface area contributed by atoms with Gasteiger partial charge in [-0.3, -0.25) is 4.98 Å². The van der Waals surface area contributed by atoms with Gasteiger partial charge in [0.2, 0.25) is 0 Å². The first kappa shape index (κ1) is 13.7. The number of ether oxygens (including phenoxy) is 1. The third-order valence-corrected chi connectivity index (χ3v) is 3.34. The molecule has 2 aromatic heterocycles. The zero-order valence-electron chi connectivity index (χ0n) is 11.5. The summed E-state index contributed by atoms with van der Waals surface area (Å²) in [5.74, 6) is 1.85. The number of aromatic amines is 1. The maximum Gasteiger partial charge on any atom is 0.146 e. The van der Waals surface area contributed by atoms with Crippen LogP contribution in [0.2, 0.25) is 0 Å². The predicted octanol–water partition coefficient (Wildman–Crippen LogP) is 3.64. The smallest absolute Gasteiger partial charge is 0.146 e. The van der Waals surface area contributed by atoms with Crippen LogP contribution in [0.4, 0.5) is 0 Å². The lowest BCUT2D eigenvalue weighted by Crippen LogP contribution is -2.04. The van der Waals surface area contributed by atoms with Gasteiger partial charge in [-0.2, -0.15) is 0 Å². The summed E-state index contributed by atoms with van der Waals surface area (Å²) < 4.78 is 5.96. The van der Waals surface area contributed by atoms with Crippen molar-refractivity contribution in [2.75, 3.05) is 7.11 Å². The molecule has 0 saturated carbocycles. The van der Waals surface area contributed by atoms with Gasteiger partial charge >= 0.3 is 0 Å². The number of hydrogen-bond donors (Lipinski definition) is 1. The number of hydrogen-bond acceptors (Lipinski definition) is 4. The van der Waals surface area contributed by atoms with Gasteiger partial charge in [0, 0.05) is 17.7 Å². The molecule has 0 aliphatic heterocycles. The minimum absolute atomic E-state index is 0.274. The maximum atomic E-state index is 5.36. The van der Waals surface area contributed by atoms with E-state index >= 15 is 0 Å². The van der Waals surface area contributed by atoms with Gasteiger partial charge in [0.1, 0.15) is 21.9 Å². The molecule has 0 bridgehead atoms. The van der Waals surface area contributed by atoms with Crippen LogP contribution >= 0.6 is 12.2 Å². The normalized spacial score (nSPS) is 10.8. The Hall–Kier alpha value is -1.75. The van der Waals surface area contributed by atoms with Gasteiger partial charge in [-0.1, -0.05) is 26.1 Å². The molecule has 0 unspecified atom stereocenters. The largest absolute Gasteiger partial charge is 0.494 e. The predicted molar refractivity (Wildman–Crippen MR) is 78.0 cm³/mol. The summed E-state index contributed by atoms with van der Waals surface area (Å²) in [7, 11) is 1.63. The Morgan fingerprint density at radius 3 is 2.74 bits per heavy atom. The molecule has 0 radical (unpaired) electrons. The summed E-state index contributed by atoms with van der Waals surface area (Å²) in [6.07, 6.45) is 1.74. The van der Waals surface area contributed by atoms with E-state index in [9.17, 15) is 0 Å². The molecular formula is C14H17N3OS. The molecule has 0 spiro atoms. The van der Waals surface area contributed by atoms with Crippen LogP contribution in [-0.2, 0) is 0 Å². The Labute approximate surface area is 117 Å². The minimum Gasteiger partial charge on any atom is -0.494 e. The molecule has 0 aliphatic carbocycles. The van der Waals surface area contributed by atoms with E-state index in [4.69, 9.17) is 17.0 Å². The van der Waals surface area contributed by atoms with Crippen molar-refractivity contribution in [3.63, 3.8) is 0 Å². The van der Waals surface area contributed by atoms with Gasteiger partial charge in [-0.15, -0.1) is 0 Å². The Morgan fingerprint density at radius 1 is 1.37 bits per heavy atom. The van der Waals surface area contributed by atoms with Crippen molar-refractivity contribution in [2.45, 2.75) is 26.7 Å². The first-order valence-corrected chi connectivity index (χ1v) is 6.55. The molecule has 4 nitrogen and oxygen atoms in total. The molecule has 0 aliphatic rings. The second kappa shape index (κ2) is 5.48. The second-order valence-corrected chi connectivity index (χ2v) is 5.02. The SMILES string of the molecule is COc1cccnc1-c1[nH]c(C(C)C)nc(=S)c1C. The van der Waals surface area contributed by atoms with Crippen molar-refractivity contribution >= 4 is 12.2 Å². The Bertz CT molecular complexity index is 649. The third-order valence-electron chi connectivity index (χ3n) is 2.95. The van der Waals surface area contributed by atoms with Crippen molar-refractivity contribution in [1.29, 1.82) is 0 Å². The number of aromatic nitrogens is 3. The standard InChI is InChI=1S/C14H17N3OS/c1-8(2)13-16-11(9(3)14(19)17-13)12-10(18-4)6-5-7-15-12/h5-8H,1-4H3,(H,16,17,19). The maximum absolute atomic E-state index is 5.36. The number of pyridine rings is 1. The lowest BCUT2D eigenvalue weighted by Gasteiger charge is -2.13. The van der Waals surface area contributed by atoms with Gasteiger partial charge in [-0.05, 0) is 19.1 Å². The van der Waals surface area contributed by atoms with Gasteiger partial charge in [-0.25, -0.2) is 4.98 Å². The molecule has 0 atom stereocenters. The van der Waals surface area contributed by atoms with E-state index in [-0.39, 0.29) is 5.92 Å². The summed E-state index contributed by atoms with van der Waals surface area (Å²) in [4.78, 5) is 12.1. The Morgan fingerprint density at radius 2 is 2.11 bits per heavy atom. The molecule has 0 aromatic carbocycles. The number of H-pyrrole nitrogens is 1. The van der Waals surface area contributed by atoms with Crippen LogP contribution in [0, 0.1) is 11.6 Å². The molecule has 100 valence electrons. The summed E-state index contributed by atoms with van der Waals surface area (Å²) in [5.41, 5.74) is 2.55. The van der Waals surface area contributed by atoms with Gasteiger partial charge in [0.25, 0.3) is 0 Å². The zero-order chi connectivity index (χ0) is 14.0. The third kappa shape index (κ3) is 2.66. The highest BCUT2D eigenvalue weighted by molar-refractivity contribution is 7.71. The number of rotatable bonds is 3.